The highest BCUT2D eigenvalue weighted by Crippen LogP contribution is 2.38. The average molecular weight is 400 g/mol. The Balaban J connectivity index is 2.20. The van der Waals surface area contributed by atoms with Crippen molar-refractivity contribution < 1.29 is 19.2 Å². The van der Waals surface area contributed by atoms with E-state index in [1.807, 2.05) is 0 Å². The first-order valence-corrected chi connectivity index (χ1v) is 8.41. The molecule has 0 radical (unpaired) electrons. The smallest absolute Gasteiger partial charge is 0.231 e. The van der Waals surface area contributed by atoms with Gasteiger partial charge < -0.3 is 5.32 Å². The lowest BCUT2D eigenvalue weighted by Crippen LogP contribution is -2.25. The van der Waals surface area contributed by atoms with Gasteiger partial charge in [-0.1, -0.05) is 24.3 Å². The molecule has 0 spiro atoms. The number of hydrogen-bond acceptors (Lipinski definition) is 4. The quantitative estimate of drug-likeness (QED) is 0.683. The summed E-state index contributed by atoms with van der Waals surface area (Å²) in [7, 11) is 0. The summed E-state index contributed by atoms with van der Waals surface area (Å²) in [5, 5.41) is 2.63. The molecule has 0 fully saturated rings. The molecule has 126 valence electrons. The summed E-state index contributed by atoms with van der Waals surface area (Å²) in [5.41, 5.74) is 1.94. The number of rotatable bonds is 3. The molecular weight excluding hydrogens is 386 g/mol. The van der Waals surface area contributed by atoms with Crippen LogP contribution in [0.1, 0.15) is 50.8 Å². The summed E-state index contributed by atoms with van der Waals surface area (Å²) in [6.45, 7) is 3.04. The molecule has 2 aromatic carbocycles. The van der Waals surface area contributed by atoms with Gasteiger partial charge in [-0.2, -0.15) is 0 Å². The molecule has 0 bridgehead atoms. The third kappa shape index (κ3) is 2.93. The van der Waals surface area contributed by atoms with Crippen LogP contribution in [0.2, 0.25) is 0 Å². The molecular formula is C19H14BrNO4. The fourth-order valence-electron chi connectivity index (χ4n) is 2.94. The number of hydrogen-bond donors (Lipinski definition) is 1. The van der Waals surface area contributed by atoms with Gasteiger partial charge in [-0.25, -0.2) is 0 Å². The van der Waals surface area contributed by atoms with Crippen LogP contribution in [-0.4, -0.2) is 23.3 Å². The van der Waals surface area contributed by atoms with Gasteiger partial charge in [0, 0.05) is 15.6 Å². The van der Waals surface area contributed by atoms with E-state index in [4.69, 9.17) is 0 Å². The van der Waals surface area contributed by atoms with Gasteiger partial charge in [-0.3, -0.25) is 19.2 Å². The van der Waals surface area contributed by atoms with Gasteiger partial charge in [0.05, 0.1) is 23.2 Å². The van der Waals surface area contributed by atoms with Crippen LogP contribution in [0.15, 0.2) is 34.8 Å². The highest BCUT2D eigenvalue weighted by atomic mass is 79.9. The highest BCUT2D eigenvalue weighted by Gasteiger charge is 2.34. The standard InChI is InChI=1S/C19H14BrNO4/c1-9-7-13(20)15-16(17(9)21-14(23)8-10(2)22)19(25)12-6-4-3-5-11(12)18(15)24/h3-7H,8H2,1-2H3,(H,21,23). The number of amides is 1. The molecule has 0 atom stereocenters. The highest BCUT2D eigenvalue weighted by molar-refractivity contribution is 9.10. The minimum Gasteiger partial charge on any atom is -0.325 e. The Morgan fingerprint density at radius 1 is 1.04 bits per heavy atom. The summed E-state index contributed by atoms with van der Waals surface area (Å²) in [4.78, 5) is 49.0. The van der Waals surface area contributed by atoms with Crippen molar-refractivity contribution in [1.29, 1.82) is 0 Å². The Labute approximate surface area is 152 Å². The SMILES string of the molecule is CC(=O)CC(=O)Nc1c(C)cc(Br)c2c1C(=O)c1ccccc1C2=O. The number of fused-ring (bicyclic) bond motifs is 2. The second-order valence-corrected chi connectivity index (χ2v) is 6.79. The lowest BCUT2D eigenvalue weighted by Gasteiger charge is -2.23. The first-order valence-electron chi connectivity index (χ1n) is 7.62. The summed E-state index contributed by atoms with van der Waals surface area (Å²) in [5.74, 6) is -1.40. The molecule has 1 N–H and O–H groups in total. The van der Waals surface area contributed by atoms with E-state index < -0.39 is 5.91 Å². The zero-order valence-corrected chi connectivity index (χ0v) is 15.2. The maximum Gasteiger partial charge on any atom is 0.231 e. The second kappa shape index (κ2) is 6.37. The molecule has 0 unspecified atom stereocenters. The monoisotopic (exact) mass is 399 g/mol. The van der Waals surface area contributed by atoms with Gasteiger partial charge in [0.1, 0.15) is 5.78 Å². The zero-order valence-electron chi connectivity index (χ0n) is 13.6. The summed E-state index contributed by atoms with van der Waals surface area (Å²) in [6.07, 6.45) is -0.289. The third-order valence-electron chi connectivity index (χ3n) is 4.02. The first kappa shape index (κ1) is 17.2. The minimum absolute atomic E-state index is 0.160. The molecule has 6 heteroatoms. The number of nitrogens with one attached hydrogen (secondary N) is 1. The van der Waals surface area contributed by atoms with E-state index in [0.717, 1.165) is 0 Å². The van der Waals surface area contributed by atoms with Gasteiger partial charge in [0.15, 0.2) is 11.6 Å². The van der Waals surface area contributed by atoms with Crippen molar-refractivity contribution in [2.24, 2.45) is 0 Å². The van der Waals surface area contributed by atoms with Crippen molar-refractivity contribution >= 4 is 44.9 Å². The molecule has 1 aliphatic carbocycles. The summed E-state index contributed by atoms with van der Waals surface area (Å²) >= 11 is 3.35. The van der Waals surface area contributed by atoms with E-state index in [0.29, 0.717) is 21.2 Å². The van der Waals surface area contributed by atoms with Gasteiger partial charge >= 0.3 is 0 Å². The largest absolute Gasteiger partial charge is 0.325 e. The van der Waals surface area contributed by atoms with Crippen molar-refractivity contribution in [3.05, 3.63) is 62.6 Å². The van der Waals surface area contributed by atoms with Crippen molar-refractivity contribution in [3.63, 3.8) is 0 Å². The van der Waals surface area contributed by atoms with Crippen LogP contribution in [0.5, 0.6) is 0 Å². The predicted molar refractivity (Wildman–Crippen MR) is 96.1 cm³/mol. The molecule has 1 amide bonds. The molecule has 5 nitrogen and oxygen atoms in total. The maximum absolute atomic E-state index is 13.0. The first-order chi connectivity index (χ1) is 11.8. The Hall–Kier alpha value is -2.60. The van der Waals surface area contributed by atoms with Gasteiger partial charge in [-0.05, 0) is 41.4 Å². The Bertz CT molecular complexity index is 962. The predicted octanol–water partition coefficient (Wildman–Crippen LogP) is 3.45. The zero-order chi connectivity index (χ0) is 18.3. The molecule has 25 heavy (non-hydrogen) atoms. The number of Topliss-reactive ketones (excluding diaryl/α,β-unsaturated/α-hetero) is 1. The average Bonchev–Trinajstić information content (AvgIpc) is 2.54. The summed E-state index contributed by atoms with van der Waals surface area (Å²) in [6, 6.07) is 8.27. The van der Waals surface area contributed by atoms with Crippen molar-refractivity contribution in [1.82, 2.24) is 0 Å². The van der Waals surface area contributed by atoms with Crippen molar-refractivity contribution in [2.45, 2.75) is 20.3 Å². The topological polar surface area (TPSA) is 80.3 Å². The molecule has 3 rings (SSSR count). The van der Waals surface area contributed by atoms with E-state index in [9.17, 15) is 19.2 Å². The van der Waals surface area contributed by atoms with Crippen LogP contribution in [0.25, 0.3) is 0 Å². The van der Waals surface area contributed by atoms with E-state index >= 15 is 0 Å². The van der Waals surface area contributed by atoms with E-state index in [1.54, 1.807) is 37.3 Å². The fraction of sp³-hybridized carbons (Fsp3) is 0.158. The van der Waals surface area contributed by atoms with Gasteiger partial charge in [0.25, 0.3) is 0 Å². The second-order valence-electron chi connectivity index (χ2n) is 5.93. The van der Waals surface area contributed by atoms with Crippen LogP contribution < -0.4 is 5.32 Å². The number of benzene rings is 2. The Morgan fingerprint density at radius 3 is 2.16 bits per heavy atom. The molecule has 0 heterocycles. The van der Waals surface area contributed by atoms with Crippen LogP contribution in [0.4, 0.5) is 5.69 Å². The lowest BCUT2D eigenvalue weighted by atomic mass is 9.82. The van der Waals surface area contributed by atoms with Crippen molar-refractivity contribution in [3.8, 4) is 0 Å². The van der Waals surface area contributed by atoms with Gasteiger partial charge in [0.2, 0.25) is 5.91 Å². The molecule has 0 aromatic heterocycles. The normalized spacial score (nSPS) is 12.4. The number of ketones is 3. The van der Waals surface area contributed by atoms with E-state index in [-0.39, 0.29) is 40.6 Å². The van der Waals surface area contributed by atoms with Crippen LogP contribution in [0.3, 0.4) is 0 Å². The molecule has 0 saturated heterocycles. The molecule has 0 aliphatic heterocycles. The number of carbonyl (C=O) groups is 4. The van der Waals surface area contributed by atoms with Crippen LogP contribution >= 0.6 is 15.9 Å². The molecule has 0 saturated carbocycles. The third-order valence-corrected chi connectivity index (χ3v) is 4.65. The number of anilines is 1. The Morgan fingerprint density at radius 2 is 1.60 bits per heavy atom. The van der Waals surface area contributed by atoms with Crippen LogP contribution in [-0.2, 0) is 9.59 Å². The molecule has 1 aliphatic rings. The van der Waals surface area contributed by atoms with Crippen molar-refractivity contribution in [2.75, 3.05) is 5.32 Å². The minimum atomic E-state index is -0.515. The van der Waals surface area contributed by atoms with Gasteiger partial charge in [-0.15, -0.1) is 0 Å². The van der Waals surface area contributed by atoms with E-state index in [1.165, 1.54) is 6.92 Å². The maximum atomic E-state index is 13.0. The summed E-state index contributed by atoms with van der Waals surface area (Å²) < 4.78 is 0.498. The lowest BCUT2D eigenvalue weighted by molar-refractivity contribution is -0.124. The number of carbonyl (C=O) groups excluding carboxylic acids is 4. The number of aryl methyl sites for hydroxylation is 1. The van der Waals surface area contributed by atoms with E-state index in [2.05, 4.69) is 21.2 Å². The Kier molecular flexibility index (Phi) is 4.39. The van der Waals surface area contributed by atoms with Crippen LogP contribution in [0, 0.1) is 6.92 Å². The number of halogens is 1. The molecule has 2 aromatic rings. The fourth-order valence-corrected chi connectivity index (χ4v) is 3.67.